The smallest absolute Gasteiger partial charge is 0.309 e. The van der Waals surface area contributed by atoms with Gasteiger partial charge in [0.05, 0.1) is 18.4 Å². The molecule has 0 aliphatic rings. The van der Waals surface area contributed by atoms with E-state index in [0.29, 0.717) is 18.4 Å². The number of rotatable bonds is 10. The third kappa shape index (κ3) is 12.0. The number of esters is 2. The van der Waals surface area contributed by atoms with Crippen molar-refractivity contribution in [2.75, 3.05) is 6.61 Å². The van der Waals surface area contributed by atoms with Crippen LogP contribution in [0.25, 0.3) is 0 Å². The van der Waals surface area contributed by atoms with Gasteiger partial charge in [-0.1, -0.05) is 34.6 Å². The fourth-order valence-corrected chi connectivity index (χ4v) is 2.27. The van der Waals surface area contributed by atoms with Crippen molar-refractivity contribution >= 4 is 11.9 Å². The Morgan fingerprint density at radius 3 is 1.92 bits per heavy atom. The zero-order valence-electron chi connectivity index (χ0n) is 17.5. The Kier molecular flexibility index (Phi) is 10.3. The van der Waals surface area contributed by atoms with Gasteiger partial charge < -0.3 is 14.2 Å². The van der Waals surface area contributed by atoms with Crippen LogP contribution in [0, 0.1) is 17.8 Å². The topological polar surface area (TPSA) is 61.8 Å². The second-order valence-electron chi connectivity index (χ2n) is 8.73. The molecular formula is C20H38O5. The van der Waals surface area contributed by atoms with Gasteiger partial charge in [-0.3, -0.25) is 9.59 Å². The van der Waals surface area contributed by atoms with E-state index >= 15 is 0 Å². The molecule has 0 radical (unpaired) electrons. The van der Waals surface area contributed by atoms with Crippen molar-refractivity contribution in [3.05, 3.63) is 0 Å². The largest absolute Gasteiger partial charge is 0.460 e. The summed E-state index contributed by atoms with van der Waals surface area (Å²) in [6, 6.07) is 0. The van der Waals surface area contributed by atoms with E-state index in [4.69, 9.17) is 14.2 Å². The summed E-state index contributed by atoms with van der Waals surface area (Å²) in [5.74, 6) is -0.456. The van der Waals surface area contributed by atoms with E-state index in [1.54, 1.807) is 27.7 Å². The van der Waals surface area contributed by atoms with E-state index in [1.165, 1.54) is 0 Å². The number of ether oxygens (including phenoxy) is 3. The van der Waals surface area contributed by atoms with Crippen LogP contribution >= 0.6 is 0 Å². The summed E-state index contributed by atoms with van der Waals surface area (Å²) in [6.45, 7) is 18.0. The van der Waals surface area contributed by atoms with Crippen molar-refractivity contribution in [3.8, 4) is 0 Å². The summed E-state index contributed by atoms with van der Waals surface area (Å²) < 4.78 is 16.8. The Hall–Kier alpha value is -1.10. The van der Waals surface area contributed by atoms with Gasteiger partial charge >= 0.3 is 11.9 Å². The summed E-state index contributed by atoms with van der Waals surface area (Å²) in [5.41, 5.74) is -0.555. The van der Waals surface area contributed by atoms with Crippen LogP contribution in [0.3, 0.4) is 0 Å². The van der Waals surface area contributed by atoms with Gasteiger partial charge in [-0.2, -0.15) is 0 Å². The Morgan fingerprint density at radius 1 is 0.920 bits per heavy atom. The van der Waals surface area contributed by atoms with Gasteiger partial charge in [0.2, 0.25) is 0 Å². The first-order valence-electron chi connectivity index (χ1n) is 9.35. The summed E-state index contributed by atoms with van der Waals surface area (Å²) in [5, 5.41) is 0. The van der Waals surface area contributed by atoms with Crippen molar-refractivity contribution in [1.29, 1.82) is 0 Å². The molecular weight excluding hydrogens is 320 g/mol. The molecule has 5 nitrogen and oxygen atoms in total. The highest BCUT2D eigenvalue weighted by Gasteiger charge is 2.28. The lowest BCUT2D eigenvalue weighted by Crippen LogP contribution is -2.35. The van der Waals surface area contributed by atoms with E-state index in [0.717, 1.165) is 6.42 Å². The van der Waals surface area contributed by atoms with Crippen molar-refractivity contribution in [1.82, 2.24) is 0 Å². The van der Waals surface area contributed by atoms with Crippen molar-refractivity contribution in [2.24, 2.45) is 17.8 Å². The molecule has 0 bridgehead atoms. The quantitative estimate of drug-likeness (QED) is 0.543. The molecule has 0 spiro atoms. The molecule has 5 heteroatoms. The van der Waals surface area contributed by atoms with E-state index in [2.05, 4.69) is 27.7 Å². The zero-order valence-corrected chi connectivity index (χ0v) is 17.5. The lowest BCUT2D eigenvalue weighted by molar-refractivity contribution is -0.167. The molecule has 0 saturated carbocycles. The van der Waals surface area contributed by atoms with Gasteiger partial charge in [-0.25, -0.2) is 0 Å². The highest BCUT2D eigenvalue weighted by atomic mass is 16.6. The van der Waals surface area contributed by atoms with Crippen LogP contribution < -0.4 is 0 Å². The van der Waals surface area contributed by atoms with Crippen molar-refractivity contribution < 1.29 is 23.8 Å². The fraction of sp³-hybridized carbons (Fsp3) is 0.900. The molecule has 0 aromatic carbocycles. The molecule has 25 heavy (non-hydrogen) atoms. The maximum Gasteiger partial charge on any atom is 0.309 e. The molecule has 0 aliphatic carbocycles. The Balaban J connectivity index is 4.62. The predicted molar refractivity (Wildman–Crippen MR) is 99.2 cm³/mol. The van der Waals surface area contributed by atoms with Gasteiger partial charge in [0, 0.05) is 6.61 Å². The van der Waals surface area contributed by atoms with Gasteiger partial charge in [-0.05, 0) is 46.0 Å². The third-order valence-corrected chi connectivity index (χ3v) is 3.47. The fourth-order valence-electron chi connectivity index (χ4n) is 2.27. The number of carbonyl (C=O) groups is 2. The Bertz CT molecular complexity index is 409. The maximum absolute atomic E-state index is 12.3. The van der Waals surface area contributed by atoms with E-state index in [-0.39, 0.29) is 30.6 Å². The van der Waals surface area contributed by atoms with E-state index < -0.39 is 11.5 Å². The van der Waals surface area contributed by atoms with Crippen molar-refractivity contribution in [2.45, 2.75) is 93.0 Å². The normalized spacial score (nSPS) is 15.8. The minimum Gasteiger partial charge on any atom is -0.460 e. The monoisotopic (exact) mass is 358 g/mol. The van der Waals surface area contributed by atoms with Crippen LogP contribution in [0.4, 0.5) is 0 Å². The van der Waals surface area contributed by atoms with Crippen LogP contribution in [0.15, 0.2) is 0 Å². The number of carbonyl (C=O) groups excluding carboxylic acids is 2. The zero-order chi connectivity index (χ0) is 19.8. The SMILES string of the molecule is CC(C)CO[C@H](CC(C)C)[C@H](C)OC(=O)[C@H](C)CC(=O)OC(C)(C)C. The summed E-state index contributed by atoms with van der Waals surface area (Å²) >= 11 is 0. The minimum absolute atomic E-state index is 0.0184. The van der Waals surface area contributed by atoms with Crippen LogP contribution in [-0.2, 0) is 23.8 Å². The minimum atomic E-state index is -0.555. The molecule has 0 rings (SSSR count). The van der Waals surface area contributed by atoms with Gasteiger partial charge in [0.15, 0.2) is 0 Å². The molecule has 0 aliphatic heterocycles. The third-order valence-electron chi connectivity index (χ3n) is 3.47. The molecule has 3 atom stereocenters. The number of hydrogen-bond donors (Lipinski definition) is 0. The first kappa shape index (κ1) is 23.9. The molecule has 0 saturated heterocycles. The molecule has 0 heterocycles. The second-order valence-corrected chi connectivity index (χ2v) is 8.73. The molecule has 0 unspecified atom stereocenters. The standard InChI is InChI=1S/C20H38O5/c1-13(2)10-17(23-12-14(3)4)16(6)24-19(22)15(5)11-18(21)25-20(7,8)9/h13-17H,10-12H2,1-9H3/t15-,16+,17-/m1/s1. The maximum atomic E-state index is 12.3. The molecule has 0 amide bonds. The summed E-state index contributed by atoms with van der Waals surface area (Å²) in [6.07, 6.45) is 0.349. The first-order chi connectivity index (χ1) is 11.3. The lowest BCUT2D eigenvalue weighted by Gasteiger charge is -2.27. The molecule has 148 valence electrons. The van der Waals surface area contributed by atoms with E-state index in [9.17, 15) is 9.59 Å². The molecule has 0 aromatic heterocycles. The second kappa shape index (κ2) is 10.8. The Labute approximate surface area is 153 Å². The van der Waals surface area contributed by atoms with Crippen LogP contribution in [-0.4, -0.2) is 36.4 Å². The highest BCUT2D eigenvalue weighted by molar-refractivity contribution is 5.79. The highest BCUT2D eigenvalue weighted by Crippen LogP contribution is 2.18. The lowest BCUT2D eigenvalue weighted by atomic mass is 10.0. The average molecular weight is 359 g/mol. The van der Waals surface area contributed by atoms with Gasteiger partial charge in [-0.15, -0.1) is 0 Å². The van der Waals surface area contributed by atoms with Gasteiger partial charge in [0.25, 0.3) is 0 Å². The molecule has 0 N–H and O–H groups in total. The van der Waals surface area contributed by atoms with Crippen molar-refractivity contribution in [3.63, 3.8) is 0 Å². The van der Waals surface area contributed by atoms with Gasteiger partial charge in [0.1, 0.15) is 11.7 Å². The van der Waals surface area contributed by atoms with Crippen LogP contribution in [0.5, 0.6) is 0 Å². The molecule has 0 aromatic rings. The summed E-state index contributed by atoms with van der Waals surface area (Å²) in [7, 11) is 0. The summed E-state index contributed by atoms with van der Waals surface area (Å²) in [4.78, 5) is 24.2. The predicted octanol–water partition coefficient (Wildman–Crippen LogP) is 4.37. The van der Waals surface area contributed by atoms with E-state index in [1.807, 2.05) is 6.92 Å². The number of hydrogen-bond acceptors (Lipinski definition) is 5. The van der Waals surface area contributed by atoms with Crippen LogP contribution in [0.1, 0.15) is 75.2 Å². The Morgan fingerprint density at radius 2 is 1.48 bits per heavy atom. The van der Waals surface area contributed by atoms with Crippen LogP contribution in [0.2, 0.25) is 0 Å². The average Bonchev–Trinajstić information content (AvgIpc) is 2.40. The molecule has 0 fully saturated rings. The first-order valence-corrected chi connectivity index (χ1v) is 9.35.